The van der Waals surface area contributed by atoms with E-state index in [1.165, 1.54) is 22.3 Å². The van der Waals surface area contributed by atoms with Crippen LogP contribution in [-0.2, 0) is 25.7 Å². The number of H-pyrrole nitrogens is 2. The lowest BCUT2D eigenvalue weighted by Crippen LogP contribution is -2.08. The third kappa shape index (κ3) is 7.74. The molecule has 0 amide bonds. The SMILES string of the molecule is C1=Cc2nc1c1c3ccc([nH]3)c3c4nc(c5c6ccc([nH]6)c2-c2ccccc2CCCOc2cc(c(cc2OCCCc2ccccc2-5)OCCCc2ccccc2-3)OCCCc2ccccc2-1)C=C4. The number of aromatic nitrogens is 4. The summed E-state index contributed by atoms with van der Waals surface area (Å²) in [7, 11) is 0. The van der Waals surface area contributed by atoms with Crippen LogP contribution in [0.15, 0.2) is 133 Å². The monoisotopic (exact) mass is 916 g/mol. The zero-order valence-electron chi connectivity index (χ0n) is 39.0. The largest absolute Gasteiger partial charge is 0.490 e. The van der Waals surface area contributed by atoms with Crippen LogP contribution >= 0.6 is 0 Å². The first-order chi connectivity index (χ1) is 34.7. The Kier molecular flexibility index (Phi) is 10.9. The summed E-state index contributed by atoms with van der Waals surface area (Å²) in [5, 5.41) is 0. The third-order valence-electron chi connectivity index (χ3n) is 14.3. The van der Waals surface area contributed by atoms with Gasteiger partial charge in [-0.3, -0.25) is 0 Å². The number of nitrogens with one attached hydrogen (secondary N) is 2. The summed E-state index contributed by atoms with van der Waals surface area (Å²) in [5.74, 6) is 2.62. The lowest BCUT2D eigenvalue weighted by atomic mass is 9.95. The fraction of sp³-hybridized carbons (Fsp3) is 0.194. The minimum absolute atomic E-state index is 0.483. The maximum Gasteiger partial charge on any atom is 0.165 e. The number of aromatic amines is 2. The number of hydrogen-bond acceptors (Lipinski definition) is 6. The van der Waals surface area contributed by atoms with Gasteiger partial charge in [0.05, 0.1) is 49.2 Å². The topological polar surface area (TPSA) is 94.3 Å². The van der Waals surface area contributed by atoms with Gasteiger partial charge < -0.3 is 28.9 Å². The van der Waals surface area contributed by atoms with Gasteiger partial charge >= 0.3 is 0 Å². The zero-order chi connectivity index (χ0) is 46.4. The molecular formula is C62H52N4O4. The Morgan fingerprint density at radius 3 is 0.843 bits per heavy atom. The third-order valence-corrected chi connectivity index (χ3v) is 14.3. The zero-order valence-corrected chi connectivity index (χ0v) is 39.0. The van der Waals surface area contributed by atoms with Gasteiger partial charge in [0.1, 0.15) is 0 Å². The van der Waals surface area contributed by atoms with Crippen LogP contribution in [0.4, 0.5) is 0 Å². The molecule has 3 aromatic heterocycles. The molecule has 0 atom stereocenters. The predicted octanol–water partition coefficient (Wildman–Crippen LogP) is 14.3. The van der Waals surface area contributed by atoms with Crippen LogP contribution in [0.25, 0.3) is 90.9 Å². The molecule has 12 bridgehead atoms. The number of nitrogens with zero attached hydrogens (tertiary/aromatic N) is 2. The Morgan fingerprint density at radius 2 is 0.571 bits per heavy atom. The van der Waals surface area contributed by atoms with Gasteiger partial charge in [-0.15, -0.1) is 0 Å². The van der Waals surface area contributed by atoms with E-state index in [0.717, 1.165) is 141 Å². The first-order valence-electron chi connectivity index (χ1n) is 24.9. The van der Waals surface area contributed by atoms with Crippen molar-refractivity contribution < 1.29 is 18.9 Å². The van der Waals surface area contributed by atoms with Crippen LogP contribution < -0.4 is 18.9 Å². The van der Waals surface area contributed by atoms with Crippen molar-refractivity contribution in [1.29, 1.82) is 0 Å². The van der Waals surface area contributed by atoms with Gasteiger partial charge in [0.25, 0.3) is 0 Å². The van der Waals surface area contributed by atoms with E-state index < -0.39 is 0 Å². The molecule has 8 heteroatoms. The smallest absolute Gasteiger partial charge is 0.165 e. The maximum absolute atomic E-state index is 6.75. The van der Waals surface area contributed by atoms with Crippen LogP contribution in [-0.4, -0.2) is 46.4 Å². The van der Waals surface area contributed by atoms with Gasteiger partial charge in [-0.25, -0.2) is 9.97 Å². The number of fused-ring (bicyclic) bond motifs is 18. The molecule has 8 aromatic rings. The van der Waals surface area contributed by atoms with Crippen molar-refractivity contribution in [3.8, 4) is 67.5 Å². The van der Waals surface area contributed by atoms with Crippen molar-refractivity contribution in [3.05, 3.63) is 178 Å². The number of aryl methyl sites for hydroxylation is 4. The van der Waals surface area contributed by atoms with Gasteiger partial charge in [-0.1, -0.05) is 97.1 Å². The van der Waals surface area contributed by atoms with E-state index in [1.54, 1.807) is 0 Å². The van der Waals surface area contributed by atoms with Gasteiger partial charge in [0, 0.05) is 56.5 Å². The highest BCUT2D eigenvalue weighted by Gasteiger charge is 2.24. The molecule has 0 saturated heterocycles. The Bertz CT molecular complexity index is 3140. The molecule has 12 rings (SSSR count). The Hall–Kier alpha value is -8.10. The van der Waals surface area contributed by atoms with E-state index in [-0.39, 0.29) is 0 Å². The molecule has 344 valence electrons. The van der Waals surface area contributed by atoms with Gasteiger partial charge in [-0.05, 0) is 144 Å². The molecule has 2 N–H and O–H groups in total. The van der Waals surface area contributed by atoms with E-state index >= 15 is 0 Å². The average molecular weight is 917 g/mol. The molecule has 7 heterocycles. The van der Waals surface area contributed by atoms with Crippen LogP contribution in [0.1, 0.15) is 70.7 Å². The Morgan fingerprint density at radius 1 is 0.314 bits per heavy atom. The highest BCUT2D eigenvalue weighted by molar-refractivity contribution is 6.01. The molecule has 0 unspecified atom stereocenters. The van der Waals surface area contributed by atoms with E-state index in [1.807, 2.05) is 12.1 Å². The molecule has 70 heavy (non-hydrogen) atoms. The van der Waals surface area contributed by atoms with E-state index in [0.29, 0.717) is 49.4 Å². The van der Waals surface area contributed by atoms with Crippen LogP contribution in [0.5, 0.6) is 23.0 Å². The first-order valence-corrected chi connectivity index (χ1v) is 24.9. The number of hydrogen-bond donors (Lipinski definition) is 2. The summed E-state index contributed by atoms with van der Waals surface area (Å²) in [6, 6.07) is 48.0. The summed E-state index contributed by atoms with van der Waals surface area (Å²) < 4.78 is 27.0. The molecular weight excluding hydrogens is 865 g/mol. The first kappa shape index (κ1) is 42.0. The summed E-state index contributed by atoms with van der Waals surface area (Å²) in [5.41, 5.74) is 21.0. The molecule has 8 nitrogen and oxygen atoms in total. The van der Waals surface area contributed by atoms with E-state index in [9.17, 15) is 0 Å². The van der Waals surface area contributed by atoms with Crippen LogP contribution in [0.3, 0.4) is 0 Å². The quantitative estimate of drug-likeness (QED) is 0.157. The summed E-state index contributed by atoms with van der Waals surface area (Å²) >= 11 is 0. The number of ether oxygens (including phenoxy) is 4. The average Bonchev–Trinajstić information content (AvgIpc) is 4.25. The Labute approximate surface area is 407 Å². The molecule has 4 aliphatic heterocycles. The van der Waals surface area contributed by atoms with Crippen molar-refractivity contribution in [3.63, 3.8) is 0 Å². The summed E-state index contributed by atoms with van der Waals surface area (Å²) in [6.45, 7) is 1.93. The number of rotatable bonds is 0. The van der Waals surface area contributed by atoms with Crippen molar-refractivity contribution in [2.75, 3.05) is 26.4 Å². The molecule has 0 saturated carbocycles. The summed E-state index contributed by atoms with van der Waals surface area (Å²) in [6.07, 6.45) is 15.0. The number of benzene rings is 5. The lowest BCUT2D eigenvalue weighted by molar-refractivity contribution is 0.243. The molecule has 0 spiro atoms. The van der Waals surface area contributed by atoms with E-state index in [2.05, 4.69) is 156 Å². The standard InChI is InChI=1S/C62H52N4O4/c1-5-21-43-39(13-1)17-9-33-67-55-37-57-58-38-56(55)68-34-10-18-40-14-2-6-22-44(40)60-48-26-25-47(63-48)59(43)51-29-30-52(65-51)61(45-23-7-3-15-41(45)19-11-35-69-57)49-27-28-50(64-49)62(54-32-31-53(60)66-54)46-24-8-4-16-42(46)20-12-36-70-58/h1-8,13-16,21-32,37-38,63-64H,9-12,17-20,33-36H2. The maximum atomic E-state index is 6.75. The van der Waals surface area contributed by atoms with Gasteiger partial charge in [0.2, 0.25) is 0 Å². The second-order valence-corrected chi connectivity index (χ2v) is 18.7. The minimum atomic E-state index is 0.483. The van der Waals surface area contributed by atoms with Crippen molar-refractivity contribution >= 4 is 46.4 Å². The minimum Gasteiger partial charge on any atom is -0.490 e. The summed E-state index contributed by atoms with van der Waals surface area (Å²) in [4.78, 5) is 19.4. The predicted molar refractivity (Wildman–Crippen MR) is 282 cm³/mol. The van der Waals surface area contributed by atoms with Crippen molar-refractivity contribution in [2.24, 2.45) is 0 Å². The Balaban J connectivity index is 1.23. The normalized spacial score (nSPS) is 15.1. The highest BCUT2D eigenvalue weighted by Crippen LogP contribution is 2.44. The molecule has 4 aliphatic rings. The molecule has 0 fully saturated rings. The highest BCUT2D eigenvalue weighted by atomic mass is 16.5. The fourth-order valence-electron chi connectivity index (χ4n) is 11.0. The van der Waals surface area contributed by atoms with E-state index in [4.69, 9.17) is 28.9 Å². The second-order valence-electron chi connectivity index (χ2n) is 18.7. The lowest BCUT2D eigenvalue weighted by Gasteiger charge is -2.19. The van der Waals surface area contributed by atoms with Crippen LogP contribution in [0.2, 0.25) is 0 Å². The molecule has 0 radical (unpaired) electrons. The van der Waals surface area contributed by atoms with Gasteiger partial charge in [0.15, 0.2) is 23.0 Å². The van der Waals surface area contributed by atoms with Crippen molar-refractivity contribution in [1.82, 2.24) is 19.9 Å². The fourth-order valence-corrected chi connectivity index (χ4v) is 11.0. The van der Waals surface area contributed by atoms with Crippen LogP contribution in [0, 0.1) is 0 Å². The molecule has 0 aliphatic carbocycles. The van der Waals surface area contributed by atoms with Gasteiger partial charge in [-0.2, -0.15) is 0 Å². The van der Waals surface area contributed by atoms with Crippen molar-refractivity contribution in [2.45, 2.75) is 51.4 Å². The molecule has 5 aromatic carbocycles. The second kappa shape index (κ2) is 18.1.